The lowest BCUT2D eigenvalue weighted by Crippen LogP contribution is -2.36. The highest BCUT2D eigenvalue weighted by Gasteiger charge is 2.19. The second-order valence-electron chi connectivity index (χ2n) is 3.97. The van der Waals surface area contributed by atoms with Crippen LogP contribution < -0.4 is 4.90 Å². The minimum absolute atomic E-state index is 0.000694. The molecule has 0 unspecified atom stereocenters. The van der Waals surface area contributed by atoms with Gasteiger partial charge in [-0.1, -0.05) is 0 Å². The number of thiazole rings is 1. The summed E-state index contributed by atoms with van der Waals surface area (Å²) in [5, 5.41) is 9.75. The molecule has 1 aromatic heterocycles. The fourth-order valence-corrected chi connectivity index (χ4v) is 2.89. The molecular weight excluding hydrogens is 256 g/mol. The third-order valence-corrected chi connectivity index (χ3v) is 3.80. The normalized spacial score (nSPS) is 15.9. The molecule has 6 nitrogen and oxygen atoms in total. The van der Waals surface area contributed by atoms with Gasteiger partial charge in [-0.25, -0.2) is 4.98 Å². The molecule has 0 bridgehead atoms. The minimum atomic E-state index is -0.843. The highest BCUT2D eigenvalue weighted by Crippen LogP contribution is 2.28. The van der Waals surface area contributed by atoms with Crippen molar-refractivity contribution in [1.29, 1.82) is 0 Å². The first-order chi connectivity index (χ1) is 8.70. The number of carbonyl (C=O) groups is 1. The van der Waals surface area contributed by atoms with Crippen LogP contribution in [0.1, 0.15) is 10.6 Å². The highest BCUT2D eigenvalue weighted by atomic mass is 32.1. The first-order valence-corrected chi connectivity index (χ1v) is 6.54. The molecule has 100 valence electrons. The average Bonchev–Trinajstić information content (AvgIpc) is 2.73. The van der Waals surface area contributed by atoms with Crippen LogP contribution in [0.15, 0.2) is 0 Å². The summed E-state index contributed by atoms with van der Waals surface area (Å²) in [4.78, 5) is 18.2. The smallest absolute Gasteiger partial charge is 0.308 e. The number of hydrogen-bond acceptors (Lipinski definition) is 6. The lowest BCUT2D eigenvalue weighted by Gasteiger charge is -2.26. The SMILES string of the molecule is COCc1nc(N2CCOCC2)sc1CC(=O)O. The van der Waals surface area contributed by atoms with Crippen molar-refractivity contribution in [3.8, 4) is 0 Å². The number of anilines is 1. The number of methoxy groups -OCH3 is 1. The zero-order valence-corrected chi connectivity index (χ0v) is 11.0. The number of hydrogen-bond donors (Lipinski definition) is 1. The van der Waals surface area contributed by atoms with Gasteiger partial charge in [-0.3, -0.25) is 4.79 Å². The zero-order valence-electron chi connectivity index (χ0n) is 10.2. The molecule has 0 amide bonds. The van der Waals surface area contributed by atoms with Crippen molar-refractivity contribution in [2.45, 2.75) is 13.0 Å². The van der Waals surface area contributed by atoms with E-state index < -0.39 is 5.97 Å². The van der Waals surface area contributed by atoms with Crippen molar-refractivity contribution in [2.75, 3.05) is 38.3 Å². The Bertz CT molecular complexity index is 415. The van der Waals surface area contributed by atoms with Crippen molar-refractivity contribution in [3.63, 3.8) is 0 Å². The van der Waals surface area contributed by atoms with Crippen molar-refractivity contribution in [2.24, 2.45) is 0 Å². The Kier molecular flexibility index (Phi) is 4.51. The molecule has 1 saturated heterocycles. The monoisotopic (exact) mass is 272 g/mol. The van der Waals surface area contributed by atoms with E-state index in [4.69, 9.17) is 14.6 Å². The maximum atomic E-state index is 10.8. The number of carboxylic acid groups (broad SMARTS) is 1. The third kappa shape index (κ3) is 3.18. The molecule has 2 heterocycles. The topological polar surface area (TPSA) is 71.9 Å². The maximum absolute atomic E-state index is 10.8. The molecule has 7 heteroatoms. The minimum Gasteiger partial charge on any atom is -0.481 e. The molecule has 0 aliphatic carbocycles. The molecule has 0 radical (unpaired) electrons. The van der Waals surface area contributed by atoms with Gasteiger partial charge in [0.2, 0.25) is 0 Å². The van der Waals surface area contributed by atoms with Crippen molar-refractivity contribution < 1.29 is 19.4 Å². The average molecular weight is 272 g/mol. The van der Waals surface area contributed by atoms with Gasteiger partial charge in [0.1, 0.15) is 0 Å². The zero-order chi connectivity index (χ0) is 13.0. The molecule has 0 atom stereocenters. The lowest BCUT2D eigenvalue weighted by molar-refractivity contribution is -0.136. The summed E-state index contributed by atoms with van der Waals surface area (Å²) in [6.07, 6.45) is 0.000694. The van der Waals surface area contributed by atoms with Gasteiger partial charge in [-0.05, 0) is 0 Å². The van der Waals surface area contributed by atoms with Crippen molar-refractivity contribution >= 4 is 22.4 Å². The van der Waals surface area contributed by atoms with Gasteiger partial charge in [0, 0.05) is 25.1 Å². The Hall–Kier alpha value is -1.18. The Balaban J connectivity index is 2.17. The number of rotatable bonds is 5. The fourth-order valence-electron chi connectivity index (χ4n) is 1.78. The Labute approximate surface area is 109 Å². The van der Waals surface area contributed by atoms with Crippen molar-refractivity contribution in [1.82, 2.24) is 4.98 Å². The van der Waals surface area contributed by atoms with Crippen LogP contribution in [0.2, 0.25) is 0 Å². The van der Waals surface area contributed by atoms with Crippen molar-refractivity contribution in [3.05, 3.63) is 10.6 Å². The van der Waals surface area contributed by atoms with Gasteiger partial charge in [0.15, 0.2) is 5.13 Å². The summed E-state index contributed by atoms with van der Waals surface area (Å²) < 4.78 is 10.3. The molecule has 1 aromatic rings. The van der Waals surface area contributed by atoms with E-state index in [-0.39, 0.29) is 6.42 Å². The second-order valence-corrected chi connectivity index (χ2v) is 5.03. The number of nitrogens with zero attached hydrogens (tertiary/aromatic N) is 2. The first-order valence-electron chi connectivity index (χ1n) is 5.72. The fraction of sp³-hybridized carbons (Fsp3) is 0.636. The molecule has 2 rings (SSSR count). The summed E-state index contributed by atoms with van der Waals surface area (Å²) in [5.74, 6) is -0.843. The quantitative estimate of drug-likeness (QED) is 0.853. The molecule has 1 aliphatic heterocycles. The van der Waals surface area contributed by atoms with Crippen LogP contribution >= 0.6 is 11.3 Å². The van der Waals surface area contributed by atoms with E-state index in [1.54, 1.807) is 7.11 Å². The summed E-state index contributed by atoms with van der Waals surface area (Å²) in [6, 6.07) is 0. The summed E-state index contributed by atoms with van der Waals surface area (Å²) in [6.45, 7) is 3.32. The number of aliphatic carboxylic acids is 1. The standard InChI is InChI=1S/C11H16N2O4S/c1-16-7-8-9(6-10(14)15)18-11(12-8)13-2-4-17-5-3-13/h2-7H2,1H3,(H,14,15). The van der Waals surface area contributed by atoms with E-state index in [9.17, 15) is 4.79 Å². The van der Waals surface area contributed by atoms with E-state index in [1.165, 1.54) is 11.3 Å². The number of aromatic nitrogens is 1. The summed E-state index contributed by atoms with van der Waals surface area (Å²) in [7, 11) is 1.58. The Morgan fingerprint density at radius 1 is 1.56 bits per heavy atom. The van der Waals surface area contributed by atoms with Gasteiger partial charge < -0.3 is 19.5 Å². The number of morpholine rings is 1. The van der Waals surface area contributed by atoms with Gasteiger partial charge in [-0.15, -0.1) is 11.3 Å². The van der Waals surface area contributed by atoms with Crippen LogP contribution in [0, 0.1) is 0 Å². The molecular formula is C11H16N2O4S. The van der Waals surface area contributed by atoms with E-state index in [0.717, 1.165) is 28.8 Å². The second kappa shape index (κ2) is 6.12. The molecule has 0 saturated carbocycles. The van der Waals surface area contributed by atoms with Gasteiger partial charge in [-0.2, -0.15) is 0 Å². The van der Waals surface area contributed by atoms with Gasteiger partial charge in [0.05, 0.1) is 31.9 Å². The van der Waals surface area contributed by atoms with Crippen LogP contribution in [-0.4, -0.2) is 49.5 Å². The maximum Gasteiger partial charge on any atom is 0.308 e. The van der Waals surface area contributed by atoms with Gasteiger partial charge >= 0.3 is 5.97 Å². The van der Waals surface area contributed by atoms with E-state index in [2.05, 4.69) is 9.88 Å². The molecule has 1 fully saturated rings. The predicted octanol–water partition coefficient (Wildman–Crippen LogP) is 0.753. The largest absolute Gasteiger partial charge is 0.481 e. The molecule has 1 N–H and O–H groups in total. The predicted molar refractivity (Wildman–Crippen MR) is 67.2 cm³/mol. The van der Waals surface area contributed by atoms with Crippen LogP contribution in [0.25, 0.3) is 0 Å². The van der Waals surface area contributed by atoms with Crippen LogP contribution in [0.4, 0.5) is 5.13 Å². The molecule has 18 heavy (non-hydrogen) atoms. The van der Waals surface area contributed by atoms with Crippen LogP contribution in [0.3, 0.4) is 0 Å². The van der Waals surface area contributed by atoms with Crippen LogP contribution in [0.5, 0.6) is 0 Å². The van der Waals surface area contributed by atoms with Crippen LogP contribution in [-0.2, 0) is 27.3 Å². The Morgan fingerprint density at radius 3 is 2.89 bits per heavy atom. The van der Waals surface area contributed by atoms with E-state index in [1.807, 2.05) is 0 Å². The molecule has 1 aliphatic rings. The number of carboxylic acids is 1. The Morgan fingerprint density at radius 2 is 2.28 bits per heavy atom. The number of ether oxygens (including phenoxy) is 2. The molecule has 0 spiro atoms. The third-order valence-electron chi connectivity index (χ3n) is 2.64. The lowest BCUT2D eigenvalue weighted by atomic mass is 10.3. The summed E-state index contributed by atoms with van der Waals surface area (Å²) >= 11 is 1.43. The highest BCUT2D eigenvalue weighted by molar-refractivity contribution is 7.15. The van der Waals surface area contributed by atoms with E-state index in [0.29, 0.717) is 19.8 Å². The van der Waals surface area contributed by atoms with Gasteiger partial charge in [0.25, 0.3) is 0 Å². The first kappa shape index (κ1) is 13.3. The summed E-state index contributed by atoms with van der Waals surface area (Å²) in [5.41, 5.74) is 0.728. The van der Waals surface area contributed by atoms with E-state index >= 15 is 0 Å². The molecule has 0 aromatic carbocycles.